The molecule has 1 aliphatic heterocycles. The maximum Gasteiger partial charge on any atom is 0.257 e. The van der Waals surface area contributed by atoms with Crippen LogP contribution in [0, 0.1) is 17.5 Å². The third kappa shape index (κ3) is 2.69. The fraction of sp³-hybridized carbons (Fsp3) is 0.105. The summed E-state index contributed by atoms with van der Waals surface area (Å²) in [6.07, 6.45) is 3.85. The fourth-order valence-electron chi connectivity index (χ4n) is 3.09. The van der Waals surface area contributed by atoms with E-state index in [0.29, 0.717) is 13.0 Å². The van der Waals surface area contributed by atoms with Gasteiger partial charge in [-0.15, -0.1) is 0 Å². The van der Waals surface area contributed by atoms with Gasteiger partial charge in [-0.2, -0.15) is 0 Å². The zero-order chi connectivity index (χ0) is 17.6. The summed E-state index contributed by atoms with van der Waals surface area (Å²) >= 11 is 0. The van der Waals surface area contributed by atoms with Gasteiger partial charge in [0.1, 0.15) is 5.82 Å². The summed E-state index contributed by atoms with van der Waals surface area (Å²) in [5.74, 6) is -2.80. The number of aromatic nitrogens is 1. The number of hydrogen-bond acceptors (Lipinski definition) is 1. The van der Waals surface area contributed by atoms with Gasteiger partial charge in [0.15, 0.2) is 11.6 Å². The van der Waals surface area contributed by atoms with Crippen molar-refractivity contribution in [3.63, 3.8) is 0 Å². The van der Waals surface area contributed by atoms with Gasteiger partial charge in [0.2, 0.25) is 0 Å². The van der Waals surface area contributed by atoms with Crippen LogP contribution in [0.2, 0.25) is 0 Å². The molecule has 0 spiro atoms. The van der Waals surface area contributed by atoms with Gasteiger partial charge in [-0.1, -0.05) is 0 Å². The second-order valence-corrected chi connectivity index (χ2v) is 5.90. The molecule has 1 N–H and O–H groups in total. The lowest BCUT2D eigenvalue weighted by Gasteiger charge is -2.17. The molecule has 1 aromatic heterocycles. The topological polar surface area (TPSA) is 36.1 Å². The van der Waals surface area contributed by atoms with Crippen molar-refractivity contribution in [1.29, 1.82) is 0 Å². The molecule has 0 fully saturated rings. The number of rotatable bonds is 1. The van der Waals surface area contributed by atoms with E-state index < -0.39 is 17.5 Å². The molecule has 0 saturated heterocycles. The number of carbonyl (C=O) groups excluding carboxylic acids is 1. The molecule has 3 aromatic rings. The number of hydrogen-bond donors (Lipinski definition) is 1. The number of H-pyrrole nitrogens is 1. The van der Waals surface area contributed by atoms with Crippen LogP contribution in [0.1, 0.15) is 21.6 Å². The van der Waals surface area contributed by atoms with E-state index in [-0.39, 0.29) is 11.4 Å². The molecule has 4 rings (SSSR count). The number of carbonyl (C=O) groups is 1. The van der Waals surface area contributed by atoms with Gasteiger partial charge >= 0.3 is 0 Å². The third-order valence-corrected chi connectivity index (χ3v) is 4.35. The molecular weight excluding hydrogens is 329 g/mol. The van der Waals surface area contributed by atoms with Crippen molar-refractivity contribution in [2.75, 3.05) is 6.54 Å². The summed E-state index contributed by atoms with van der Waals surface area (Å²) in [5.41, 5.74) is 2.63. The molecule has 0 radical (unpaired) electrons. The Bertz CT molecular complexity index is 1020. The Hall–Kier alpha value is -3.02. The van der Waals surface area contributed by atoms with E-state index in [4.69, 9.17) is 0 Å². The van der Waals surface area contributed by atoms with Crippen LogP contribution in [-0.2, 0) is 6.42 Å². The molecule has 0 atom stereocenters. The van der Waals surface area contributed by atoms with Gasteiger partial charge in [0.25, 0.3) is 5.91 Å². The first-order valence-corrected chi connectivity index (χ1v) is 7.77. The minimum absolute atomic E-state index is 0.0741. The highest BCUT2D eigenvalue weighted by molar-refractivity contribution is 5.96. The molecule has 2 heterocycles. The molecule has 0 aliphatic carbocycles. The molecule has 1 aliphatic rings. The molecule has 0 bridgehead atoms. The molecule has 25 heavy (non-hydrogen) atoms. The SMILES string of the molecule is O=C(c1ccc(F)c(F)c1)N1C=Cc2[nH]c3ccc(F)cc3c2CC1. The summed E-state index contributed by atoms with van der Waals surface area (Å²) < 4.78 is 39.9. The smallest absolute Gasteiger partial charge is 0.257 e. The van der Waals surface area contributed by atoms with Crippen LogP contribution in [-0.4, -0.2) is 22.3 Å². The van der Waals surface area contributed by atoms with E-state index in [9.17, 15) is 18.0 Å². The van der Waals surface area contributed by atoms with Crippen molar-refractivity contribution in [2.45, 2.75) is 6.42 Å². The highest BCUT2D eigenvalue weighted by atomic mass is 19.2. The van der Waals surface area contributed by atoms with E-state index >= 15 is 0 Å². The minimum Gasteiger partial charge on any atom is -0.355 e. The molecule has 1 amide bonds. The Morgan fingerprint density at radius 2 is 1.88 bits per heavy atom. The lowest BCUT2D eigenvalue weighted by Crippen LogP contribution is -2.27. The quantitative estimate of drug-likeness (QED) is 0.705. The van der Waals surface area contributed by atoms with Crippen molar-refractivity contribution >= 4 is 22.9 Å². The van der Waals surface area contributed by atoms with Crippen molar-refractivity contribution in [1.82, 2.24) is 9.88 Å². The van der Waals surface area contributed by atoms with Crippen molar-refractivity contribution in [2.24, 2.45) is 0 Å². The number of nitrogens with zero attached hydrogens (tertiary/aromatic N) is 1. The highest BCUT2D eigenvalue weighted by Gasteiger charge is 2.20. The average Bonchev–Trinajstić information content (AvgIpc) is 2.80. The Labute approximate surface area is 141 Å². The molecule has 0 saturated carbocycles. The largest absolute Gasteiger partial charge is 0.355 e. The summed E-state index contributed by atoms with van der Waals surface area (Å²) in [7, 11) is 0. The molecule has 0 unspecified atom stereocenters. The van der Waals surface area contributed by atoms with Crippen molar-refractivity contribution < 1.29 is 18.0 Å². The second kappa shape index (κ2) is 5.81. The first kappa shape index (κ1) is 15.5. The van der Waals surface area contributed by atoms with Gasteiger partial charge < -0.3 is 9.88 Å². The van der Waals surface area contributed by atoms with Crippen LogP contribution >= 0.6 is 0 Å². The summed E-state index contributed by atoms with van der Waals surface area (Å²) in [5, 5.41) is 0.779. The predicted molar refractivity (Wildman–Crippen MR) is 88.4 cm³/mol. The van der Waals surface area contributed by atoms with Crippen LogP contribution in [0.15, 0.2) is 42.6 Å². The van der Waals surface area contributed by atoms with Gasteiger partial charge in [0.05, 0.1) is 0 Å². The number of nitrogens with one attached hydrogen (secondary N) is 1. The van der Waals surface area contributed by atoms with Crippen LogP contribution in [0.3, 0.4) is 0 Å². The summed E-state index contributed by atoms with van der Waals surface area (Å²) in [6, 6.07) is 7.61. The first-order valence-electron chi connectivity index (χ1n) is 7.77. The van der Waals surface area contributed by atoms with E-state index in [0.717, 1.165) is 34.3 Å². The van der Waals surface area contributed by atoms with Gasteiger partial charge in [-0.3, -0.25) is 4.79 Å². The number of benzene rings is 2. The Kier molecular flexibility index (Phi) is 3.60. The zero-order valence-corrected chi connectivity index (χ0v) is 13.0. The maximum atomic E-state index is 13.5. The monoisotopic (exact) mass is 342 g/mol. The number of fused-ring (bicyclic) bond motifs is 3. The van der Waals surface area contributed by atoms with Crippen molar-refractivity contribution in [3.8, 4) is 0 Å². The Balaban J connectivity index is 1.65. The first-order chi connectivity index (χ1) is 12.0. The van der Waals surface area contributed by atoms with E-state index in [1.807, 2.05) is 0 Å². The molecule has 2 aromatic carbocycles. The summed E-state index contributed by atoms with van der Waals surface area (Å²) in [4.78, 5) is 17.2. The Morgan fingerprint density at radius 3 is 2.68 bits per heavy atom. The Morgan fingerprint density at radius 1 is 1.04 bits per heavy atom. The highest BCUT2D eigenvalue weighted by Crippen LogP contribution is 2.27. The third-order valence-electron chi connectivity index (χ3n) is 4.35. The predicted octanol–water partition coefficient (Wildman–Crippen LogP) is 4.25. The lowest BCUT2D eigenvalue weighted by atomic mass is 10.1. The van der Waals surface area contributed by atoms with E-state index in [1.165, 1.54) is 23.1 Å². The van der Waals surface area contributed by atoms with Gasteiger partial charge in [-0.25, -0.2) is 13.2 Å². The second-order valence-electron chi connectivity index (χ2n) is 5.90. The molecule has 3 nitrogen and oxygen atoms in total. The normalized spacial score (nSPS) is 13.8. The summed E-state index contributed by atoms with van der Waals surface area (Å²) in [6.45, 7) is 0.352. The number of halogens is 3. The number of amides is 1. The maximum absolute atomic E-state index is 13.5. The molecule has 6 heteroatoms. The van der Waals surface area contributed by atoms with E-state index in [2.05, 4.69) is 4.98 Å². The van der Waals surface area contributed by atoms with Crippen LogP contribution in [0.25, 0.3) is 17.0 Å². The van der Waals surface area contributed by atoms with Gasteiger partial charge in [-0.05, 0) is 54.5 Å². The zero-order valence-electron chi connectivity index (χ0n) is 13.0. The minimum atomic E-state index is -1.06. The number of aromatic amines is 1. The van der Waals surface area contributed by atoms with Crippen molar-refractivity contribution in [3.05, 3.63) is 76.9 Å². The standard InChI is InChI=1S/C19H13F3N2O/c20-12-2-4-17-14(10-12)13-5-7-24(8-6-18(13)23-17)19(25)11-1-3-15(21)16(22)9-11/h1-4,6,8-10,23H,5,7H2. The lowest BCUT2D eigenvalue weighted by molar-refractivity contribution is 0.0824. The van der Waals surface area contributed by atoms with Crippen LogP contribution in [0.4, 0.5) is 13.2 Å². The van der Waals surface area contributed by atoms with Crippen LogP contribution < -0.4 is 0 Å². The van der Waals surface area contributed by atoms with Crippen LogP contribution in [0.5, 0.6) is 0 Å². The van der Waals surface area contributed by atoms with Gasteiger partial charge in [0, 0.05) is 34.9 Å². The average molecular weight is 342 g/mol. The molecule has 126 valence electrons. The fourth-order valence-corrected chi connectivity index (χ4v) is 3.09. The van der Waals surface area contributed by atoms with E-state index in [1.54, 1.807) is 18.3 Å². The molecular formula is C19H13F3N2O.